The Morgan fingerprint density at radius 1 is 1.58 bits per heavy atom. The minimum absolute atomic E-state index is 1.08. The maximum absolute atomic E-state index is 4.07. The minimum atomic E-state index is 1.08. The van der Waals surface area contributed by atoms with E-state index in [0.29, 0.717) is 0 Å². The lowest BCUT2D eigenvalue weighted by Gasteiger charge is -2.06. The first kappa shape index (κ1) is 8.98. The molecule has 0 aliphatic heterocycles. The molecule has 1 rings (SSSR count). The first-order valence-electron chi connectivity index (χ1n) is 4.35. The van der Waals surface area contributed by atoms with Crippen LogP contribution in [0, 0.1) is 6.92 Å². The van der Waals surface area contributed by atoms with Gasteiger partial charge in [-0.3, -0.25) is 4.98 Å². The van der Waals surface area contributed by atoms with Crippen molar-refractivity contribution >= 4 is 5.57 Å². The Hall–Kier alpha value is -1.11. The molecule has 1 heteroatoms. The highest BCUT2D eigenvalue weighted by atomic mass is 14.6. The molecule has 0 spiro atoms. The van der Waals surface area contributed by atoms with E-state index in [4.69, 9.17) is 0 Å². The third-order valence-electron chi connectivity index (χ3n) is 2.10. The van der Waals surface area contributed by atoms with Crippen molar-refractivity contribution in [3.8, 4) is 0 Å². The molecule has 0 unspecified atom stereocenters. The number of aryl methyl sites for hydroxylation is 1. The topological polar surface area (TPSA) is 12.9 Å². The summed E-state index contributed by atoms with van der Waals surface area (Å²) in [7, 11) is 0. The molecule has 0 fully saturated rings. The van der Waals surface area contributed by atoms with Crippen molar-refractivity contribution in [2.75, 3.05) is 0 Å². The van der Waals surface area contributed by atoms with Gasteiger partial charge in [0.1, 0.15) is 0 Å². The summed E-state index contributed by atoms with van der Waals surface area (Å²) in [6, 6.07) is 2.08. The smallest absolute Gasteiger partial charge is 0.0303 e. The van der Waals surface area contributed by atoms with Gasteiger partial charge in [0.05, 0.1) is 0 Å². The van der Waals surface area contributed by atoms with Gasteiger partial charge in [-0.25, -0.2) is 0 Å². The van der Waals surface area contributed by atoms with Crippen LogP contribution in [0.25, 0.3) is 5.57 Å². The summed E-state index contributed by atoms with van der Waals surface area (Å²) in [6.07, 6.45) is 7.01. The predicted molar refractivity (Wildman–Crippen MR) is 52.9 cm³/mol. The monoisotopic (exact) mass is 161 g/mol. The second-order valence-corrected chi connectivity index (χ2v) is 2.86. The number of pyridine rings is 1. The summed E-state index contributed by atoms with van der Waals surface area (Å²) in [5.41, 5.74) is 3.98. The molecular weight excluding hydrogens is 146 g/mol. The van der Waals surface area contributed by atoms with Crippen LogP contribution in [0.1, 0.15) is 31.4 Å². The number of hydrogen-bond acceptors (Lipinski definition) is 1. The van der Waals surface area contributed by atoms with Crippen molar-refractivity contribution in [2.24, 2.45) is 0 Å². The van der Waals surface area contributed by atoms with Gasteiger partial charge in [-0.05, 0) is 43.0 Å². The number of allylic oxidation sites excluding steroid dienone is 2. The van der Waals surface area contributed by atoms with E-state index in [1.54, 1.807) is 0 Å². The quantitative estimate of drug-likeness (QED) is 0.649. The van der Waals surface area contributed by atoms with E-state index in [-0.39, 0.29) is 0 Å². The van der Waals surface area contributed by atoms with Crippen LogP contribution >= 0.6 is 0 Å². The lowest BCUT2D eigenvalue weighted by molar-refractivity contribution is 1.19. The summed E-state index contributed by atoms with van der Waals surface area (Å²) >= 11 is 0. The predicted octanol–water partition coefficient (Wildman–Crippen LogP) is 3.20. The Morgan fingerprint density at radius 2 is 2.33 bits per heavy atom. The first-order chi connectivity index (χ1) is 5.79. The Labute approximate surface area is 74.2 Å². The molecule has 64 valence electrons. The van der Waals surface area contributed by atoms with E-state index < -0.39 is 0 Å². The highest BCUT2D eigenvalue weighted by molar-refractivity contribution is 5.67. The van der Waals surface area contributed by atoms with Crippen molar-refractivity contribution < 1.29 is 0 Å². The molecule has 1 nitrogen and oxygen atoms in total. The largest absolute Gasteiger partial charge is 0.264 e. The Kier molecular flexibility index (Phi) is 3.03. The summed E-state index contributed by atoms with van der Waals surface area (Å²) in [5, 5.41) is 0. The number of nitrogens with zero attached hydrogens (tertiary/aromatic N) is 1. The highest BCUT2D eigenvalue weighted by Crippen LogP contribution is 2.19. The minimum Gasteiger partial charge on any atom is -0.264 e. The fourth-order valence-electron chi connectivity index (χ4n) is 1.38. The van der Waals surface area contributed by atoms with Gasteiger partial charge in [0.2, 0.25) is 0 Å². The standard InChI is InChI=1S/C11H15N/c1-4-10(5-2)11-6-7-12-8-9(11)3/h4,6-8H,5H2,1-3H3/b10-4+. The van der Waals surface area contributed by atoms with Crippen molar-refractivity contribution in [3.05, 3.63) is 35.7 Å². The fraction of sp³-hybridized carbons (Fsp3) is 0.364. The van der Waals surface area contributed by atoms with E-state index >= 15 is 0 Å². The van der Waals surface area contributed by atoms with E-state index in [1.165, 1.54) is 16.7 Å². The fourth-order valence-corrected chi connectivity index (χ4v) is 1.38. The highest BCUT2D eigenvalue weighted by Gasteiger charge is 2.00. The molecule has 0 aliphatic carbocycles. The van der Waals surface area contributed by atoms with E-state index in [9.17, 15) is 0 Å². The molecule has 0 saturated heterocycles. The molecule has 1 aromatic rings. The number of rotatable bonds is 2. The molecule has 0 amide bonds. The van der Waals surface area contributed by atoms with Crippen LogP contribution in [0.4, 0.5) is 0 Å². The van der Waals surface area contributed by atoms with Gasteiger partial charge in [-0.2, -0.15) is 0 Å². The van der Waals surface area contributed by atoms with Crippen LogP contribution in [-0.4, -0.2) is 4.98 Å². The molecule has 0 radical (unpaired) electrons. The van der Waals surface area contributed by atoms with Gasteiger partial charge in [0.25, 0.3) is 0 Å². The molecule has 0 bridgehead atoms. The molecule has 0 N–H and O–H groups in total. The lowest BCUT2D eigenvalue weighted by Crippen LogP contribution is -1.88. The Morgan fingerprint density at radius 3 is 2.83 bits per heavy atom. The number of hydrogen-bond donors (Lipinski definition) is 0. The summed E-state index contributed by atoms with van der Waals surface area (Å²) in [4.78, 5) is 4.07. The molecule has 1 aromatic heterocycles. The maximum Gasteiger partial charge on any atom is 0.0303 e. The second-order valence-electron chi connectivity index (χ2n) is 2.86. The van der Waals surface area contributed by atoms with Crippen molar-refractivity contribution in [1.82, 2.24) is 4.98 Å². The summed E-state index contributed by atoms with van der Waals surface area (Å²) in [6.45, 7) is 6.36. The van der Waals surface area contributed by atoms with Gasteiger partial charge in [0, 0.05) is 12.4 Å². The lowest BCUT2D eigenvalue weighted by atomic mass is 10.0. The molecule has 12 heavy (non-hydrogen) atoms. The van der Waals surface area contributed by atoms with Crippen LogP contribution in [-0.2, 0) is 0 Å². The maximum atomic E-state index is 4.07. The van der Waals surface area contributed by atoms with E-state index in [2.05, 4.69) is 37.9 Å². The Bertz CT molecular complexity index is 287. The van der Waals surface area contributed by atoms with Crippen LogP contribution in [0.15, 0.2) is 24.5 Å². The normalized spacial score (nSPS) is 11.8. The molecular formula is C11H15N. The summed E-state index contributed by atoms with van der Waals surface area (Å²) < 4.78 is 0. The van der Waals surface area contributed by atoms with Gasteiger partial charge in [-0.15, -0.1) is 0 Å². The zero-order valence-electron chi connectivity index (χ0n) is 7.96. The SMILES string of the molecule is C/C=C(\CC)c1ccncc1C. The van der Waals surface area contributed by atoms with Gasteiger partial charge < -0.3 is 0 Å². The third kappa shape index (κ3) is 1.73. The molecule has 0 atom stereocenters. The van der Waals surface area contributed by atoms with Gasteiger partial charge in [0.15, 0.2) is 0 Å². The first-order valence-corrected chi connectivity index (χ1v) is 4.35. The molecule has 0 aliphatic rings. The average molecular weight is 161 g/mol. The van der Waals surface area contributed by atoms with E-state index in [1.807, 2.05) is 12.4 Å². The zero-order valence-corrected chi connectivity index (χ0v) is 7.96. The third-order valence-corrected chi connectivity index (χ3v) is 2.10. The van der Waals surface area contributed by atoms with E-state index in [0.717, 1.165) is 6.42 Å². The molecule has 0 aromatic carbocycles. The molecule has 1 heterocycles. The van der Waals surface area contributed by atoms with Crippen LogP contribution in [0.2, 0.25) is 0 Å². The summed E-state index contributed by atoms with van der Waals surface area (Å²) in [5.74, 6) is 0. The second kappa shape index (κ2) is 4.05. The Balaban J connectivity index is 3.10. The van der Waals surface area contributed by atoms with Crippen LogP contribution in [0.3, 0.4) is 0 Å². The van der Waals surface area contributed by atoms with Crippen LogP contribution in [0.5, 0.6) is 0 Å². The van der Waals surface area contributed by atoms with Crippen molar-refractivity contribution in [2.45, 2.75) is 27.2 Å². The number of aromatic nitrogens is 1. The molecule has 0 saturated carbocycles. The van der Waals surface area contributed by atoms with Crippen LogP contribution < -0.4 is 0 Å². The van der Waals surface area contributed by atoms with Gasteiger partial charge >= 0.3 is 0 Å². The zero-order chi connectivity index (χ0) is 8.97. The average Bonchev–Trinajstić information content (AvgIpc) is 2.10. The van der Waals surface area contributed by atoms with Crippen molar-refractivity contribution in [1.29, 1.82) is 0 Å². The van der Waals surface area contributed by atoms with Crippen molar-refractivity contribution in [3.63, 3.8) is 0 Å². The van der Waals surface area contributed by atoms with Gasteiger partial charge in [-0.1, -0.05) is 13.0 Å².